The Bertz CT molecular complexity index is 575. The van der Waals surface area contributed by atoms with E-state index in [2.05, 4.69) is 37.1 Å². The summed E-state index contributed by atoms with van der Waals surface area (Å²) in [6, 6.07) is 8.45. The Kier molecular flexibility index (Phi) is 3.93. The van der Waals surface area contributed by atoms with Crippen molar-refractivity contribution in [2.24, 2.45) is 5.92 Å². The van der Waals surface area contributed by atoms with E-state index in [9.17, 15) is 0 Å². The zero-order valence-electron chi connectivity index (χ0n) is 12.2. The van der Waals surface area contributed by atoms with E-state index < -0.39 is 0 Å². The third-order valence-electron chi connectivity index (χ3n) is 3.55. The van der Waals surface area contributed by atoms with Crippen LogP contribution in [0.1, 0.15) is 32.9 Å². The lowest BCUT2D eigenvalue weighted by molar-refractivity contribution is 0.511. The minimum atomic E-state index is 0.464. The molecule has 1 aromatic carbocycles. The molecule has 0 saturated heterocycles. The third kappa shape index (κ3) is 2.98. The second kappa shape index (κ2) is 5.47. The first-order valence-electron chi connectivity index (χ1n) is 6.94. The normalized spacial score (nSPS) is 12.9. The first-order chi connectivity index (χ1) is 9.01. The highest BCUT2D eigenvalue weighted by Gasteiger charge is 2.13. The standard InChI is InChI=1S/C16H23N3/c1-5-14(10(2)3)19-16-8-11(4)18-15-7-6-12(17)9-13(15)16/h6-10,14H,5,17H2,1-4H3,(H,18,19). The van der Waals surface area contributed by atoms with Crippen molar-refractivity contribution < 1.29 is 0 Å². The Morgan fingerprint density at radius 2 is 2.00 bits per heavy atom. The van der Waals surface area contributed by atoms with Crippen LogP contribution in [0.25, 0.3) is 10.9 Å². The van der Waals surface area contributed by atoms with Crippen molar-refractivity contribution in [2.45, 2.75) is 40.2 Å². The van der Waals surface area contributed by atoms with Crippen LogP contribution in [0.4, 0.5) is 11.4 Å². The second-order valence-electron chi connectivity index (χ2n) is 5.49. The maximum atomic E-state index is 5.90. The van der Waals surface area contributed by atoms with Crippen LogP contribution in [0.15, 0.2) is 24.3 Å². The largest absolute Gasteiger partial charge is 0.399 e. The maximum Gasteiger partial charge on any atom is 0.0727 e. The molecule has 0 aliphatic heterocycles. The summed E-state index contributed by atoms with van der Waals surface area (Å²) in [4.78, 5) is 4.56. The molecule has 0 aliphatic rings. The summed E-state index contributed by atoms with van der Waals surface area (Å²) in [5.41, 5.74) is 9.83. The van der Waals surface area contributed by atoms with Gasteiger partial charge >= 0.3 is 0 Å². The number of pyridine rings is 1. The van der Waals surface area contributed by atoms with Crippen LogP contribution >= 0.6 is 0 Å². The lowest BCUT2D eigenvalue weighted by Gasteiger charge is -2.23. The van der Waals surface area contributed by atoms with Crippen molar-refractivity contribution in [2.75, 3.05) is 11.1 Å². The summed E-state index contributed by atoms with van der Waals surface area (Å²) in [6.07, 6.45) is 1.10. The monoisotopic (exact) mass is 257 g/mol. The molecule has 3 heteroatoms. The van der Waals surface area contributed by atoms with Crippen molar-refractivity contribution in [3.63, 3.8) is 0 Å². The predicted molar refractivity (Wildman–Crippen MR) is 83.4 cm³/mol. The van der Waals surface area contributed by atoms with Crippen LogP contribution in [0.3, 0.4) is 0 Å². The Hall–Kier alpha value is -1.77. The molecule has 19 heavy (non-hydrogen) atoms. The molecule has 0 aliphatic carbocycles. The van der Waals surface area contributed by atoms with Crippen molar-refractivity contribution in [1.82, 2.24) is 4.98 Å². The number of nitrogen functional groups attached to an aromatic ring is 1. The third-order valence-corrected chi connectivity index (χ3v) is 3.55. The fraction of sp³-hybridized carbons (Fsp3) is 0.438. The number of nitrogens with one attached hydrogen (secondary N) is 1. The van der Waals surface area contributed by atoms with E-state index in [1.54, 1.807) is 0 Å². The second-order valence-corrected chi connectivity index (χ2v) is 5.49. The number of aryl methyl sites for hydroxylation is 1. The van der Waals surface area contributed by atoms with Crippen LogP contribution in [-0.2, 0) is 0 Å². The van der Waals surface area contributed by atoms with E-state index in [4.69, 9.17) is 5.73 Å². The molecule has 1 atom stereocenters. The Labute approximate surface area is 115 Å². The Morgan fingerprint density at radius 1 is 1.26 bits per heavy atom. The first-order valence-corrected chi connectivity index (χ1v) is 6.94. The van der Waals surface area contributed by atoms with E-state index in [0.717, 1.165) is 34.4 Å². The van der Waals surface area contributed by atoms with E-state index in [1.165, 1.54) is 0 Å². The van der Waals surface area contributed by atoms with Gasteiger partial charge in [-0.3, -0.25) is 4.98 Å². The number of nitrogens with two attached hydrogens (primary N) is 1. The lowest BCUT2D eigenvalue weighted by atomic mass is 10.0. The van der Waals surface area contributed by atoms with Gasteiger partial charge in [-0.1, -0.05) is 20.8 Å². The molecular weight excluding hydrogens is 234 g/mol. The van der Waals surface area contributed by atoms with Gasteiger partial charge in [-0.15, -0.1) is 0 Å². The minimum absolute atomic E-state index is 0.464. The number of aromatic nitrogens is 1. The molecule has 1 aromatic heterocycles. The molecule has 0 radical (unpaired) electrons. The lowest BCUT2D eigenvalue weighted by Crippen LogP contribution is -2.24. The SMILES string of the molecule is CCC(Nc1cc(C)nc2ccc(N)cc12)C(C)C. The summed E-state index contributed by atoms with van der Waals surface area (Å²) >= 11 is 0. The van der Waals surface area contributed by atoms with Crippen LogP contribution in [0, 0.1) is 12.8 Å². The molecule has 0 saturated carbocycles. The molecular formula is C16H23N3. The summed E-state index contributed by atoms with van der Waals surface area (Å²) in [6.45, 7) is 8.72. The van der Waals surface area contributed by atoms with Gasteiger partial charge in [-0.25, -0.2) is 0 Å². The molecule has 2 rings (SSSR count). The molecule has 0 spiro atoms. The Balaban J connectivity index is 2.49. The molecule has 102 valence electrons. The van der Waals surface area contributed by atoms with Gasteiger partial charge in [0.1, 0.15) is 0 Å². The highest BCUT2D eigenvalue weighted by molar-refractivity contribution is 5.93. The zero-order valence-corrected chi connectivity index (χ0v) is 12.2. The van der Waals surface area contributed by atoms with Crippen LogP contribution in [0.5, 0.6) is 0 Å². The van der Waals surface area contributed by atoms with Crippen LogP contribution in [-0.4, -0.2) is 11.0 Å². The summed E-state index contributed by atoms with van der Waals surface area (Å²) < 4.78 is 0. The van der Waals surface area contributed by atoms with Crippen LogP contribution in [0.2, 0.25) is 0 Å². The summed E-state index contributed by atoms with van der Waals surface area (Å²) in [7, 11) is 0. The molecule has 0 bridgehead atoms. The highest BCUT2D eigenvalue weighted by atomic mass is 14.9. The van der Waals surface area contributed by atoms with Gasteiger partial charge in [0.25, 0.3) is 0 Å². The quantitative estimate of drug-likeness (QED) is 0.815. The molecule has 0 amide bonds. The molecule has 3 N–H and O–H groups in total. The molecule has 0 fully saturated rings. The number of benzene rings is 1. The van der Waals surface area contributed by atoms with Gasteiger partial charge in [0.15, 0.2) is 0 Å². The summed E-state index contributed by atoms with van der Waals surface area (Å²) in [5.74, 6) is 0.592. The number of fused-ring (bicyclic) bond motifs is 1. The molecule has 1 heterocycles. The maximum absolute atomic E-state index is 5.90. The Morgan fingerprint density at radius 3 is 2.63 bits per heavy atom. The fourth-order valence-electron chi connectivity index (χ4n) is 2.44. The number of nitrogens with zero attached hydrogens (tertiary/aromatic N) is 1. The van der Waals surface area contributed by atoms with Gasteiger partial charge in [-0.05, 0) is 43.5 Å². The van der Waals surface area contributed by atoms with Crippen molar-refractivity contribution in [1.29, 1.82) is 0 Å². The minimum Gasteiger partial charge on any atom is -0.399 e. The van der Waals surface area contributed by atoms with Gasteiger partial charge in [-0.2, -0.15) is 0 Å². The average molecular weight is 257 g/mol. The number of hydrogen-bond donors (Lipinski definition) is 2. The van der Waals surface area contributed by atoms with E-state index in [1.807, 2.05) is 25.1 Å². The van der Waals surface area contributed by atoms with Crippen molar-refractivity contribution in [3.05, 3.63) is 30.0 Å². The van der Waals surface area contributed by atoms with Gasteiger partial charge in [0.05, 0.1) is 5.52 Å². The fourth-order valence-corrected chi connectivity index (χ4v) is 2.44. The predicted octanol–water partition coefficient (Wildman–Crippen LogP) is 3.97. The zero-order chi connectivity index (χ0) is 14.0. The molecule has 1 unspecified atom stereocenters. The first kappa shape index (κ1) is 13.7. The smallest absolute Gasteiger partial charge is 0.0727 e. The van der Waals surface area contributed by atoms with Crippen LogP contribution < -0.4 is 11.1 Å². The molecule has 3 nitrogen and oxygen atoms in total. The van der Waals surface area contributed by atoms with Gasteiger partial charge < -0.3 is 11.1 Å². The topological polar surface area (TPSA) is 50.9 Å². The number of rotatable bonds is 4. The van der Waals surface area contributed by atoms with Gasteiger partial charge in [0, 0.05) is 28.5 Å². The molecule has 2 aromatic rings. The number of hydrogen-bond acceptors (Lipinski definition) is 3. The average Bonchev–Trinajstić information content (AvgIpc) is 2.35. The van der Waals surface area contributed by atoms with Gasteiger partial charge in [0.2, 0.25) is 0 Å². The van der Waals surface area contributed by atoms with E-state index in [-0.39, 0.29) is 0 Å². The van der Waals surface area contributed by atoms with Crippen molar-refractivity contribution in [3.8, 4) is 0 Å². The number of anilines is 2. The highest BCUT2D eigenvalue weighted by Crippen LogP contribution is 2.27. The van der Waals surface area contributed by atoms with E-state index >= 15 is 0 Å². The van der Waals surface area contributed by atoms with E-state index in [0.29, 0.717) is 12.0 Å². The summed E-state index contributed by atoms with van der Waals surface area (Å²) in [5, 5.41) is 4.75. The van der Waals surface area contributed by atoms with Crippen molar-refractivity contribution >= 4 is 22.3 Å².